The van der Waals surface area contributed by atoms with E-state index in [0.29, 0.717) is 48.3 Å². The molecular weight excluding hydrogens is 1130 g/mol. The third-order valence-electron chi connectivity index (χ3n) is 16.1. The van der Waals surface area contributed by atoms with Gasteiger partial charge in [-0.05, 0) is 93.1 Å². The molecule has 2 saturated heterocycles. The molecule has 2 fully saturated rings. The summed E-state index contributed by atoms with van der Waals surface area (Å²) >= 11 is 0. The van der Waals surface area contributed by atoms with Gasteiger partial charge in [0.1, 0.15) is 67.3 Å². The number of aliphatic hydroxyl groups excluding tert-OH is 1. The summed E-state index contributed by atoms with van der Waals surface area (Å²) in [6, 6.07) is 24.2. The standard InChI is InChI=1S/C63H70N6O18/c1-33(65)45(71)25-38(24-35-10-5-4-6-11-35)59(77)68-43(13-7-8-23-64)60(78)66-39-19-15-36(16-20-39)30-83-61(79)67-40-21-17-37(18-22-40)31-84-62(80)69-32-85-58-34(2)86-49(26-44(58)69)87-47-28-63(81,48(72)29-70)27-42-51(47)57(76)53-52(55(42)74)54(73)41-12-9-14-46(82-3)50(41)56(53)75/h4-6,9-12,14-22,33-34,38,43-44,47,49,58,70,74,76,81H,7-8,13,23-32,64-65H2,1-3H3,(H,66,78)(H,67,79)(H,68,77)/t33-,34+,38-,43+,44+,47+,49+,58+,63+/m1/s1. The number of ketones is 4. The first-order chi connectivity index (χ1) is 41.7. The van der Waals surface area contributed by atoms with Gasteiger partial charge in [0.2, 0.25) is 17.6 Å². The summed E-state index contributed by atoms with van der Waals surface area (Å²) in [5, 5.41) is 53.7. The second-order valence-electron chi connectivity index (χ2n) is 22.1. The van der Waals surface area contributed by atoms with Crippen molar-refractivity contribution in [3.8, 4) is 17.2 Å². The third-order valence-corrected chi connectivity index (χ3v) is 16.1. The number of methoxy groups -OCH3 is 1. The second-order valence-corrected chi connectivity index (χ2v) is 22.1. The van der Waals surface area contributed by atoms with Crippen molar-refractivity contribution in [3.05, 3.63) is 147 Å². The van der Waals surface area contributed by atoms with Crippen LogP contribution in [0.25, 0.3) is 0 Å². The number of benzene rings is 5. The fourth-order valence-corrected chi connectivity index (χ4v) is 11.4. The molecule has 9 rings (SSSR count). The van der Waals surface area contributed by atoms with E-state index in [1.165, 1.54) is 30.2 Å². The Labute approximate surface area is 500 Å². The van der Waals surface area contributed by atoms with Gasteiger partial charge in [-0.25, -0.2) is 9.59 Å². The number of unbranched alkanes of at least 4 members (excludes halogenated alkanes) is 1. The van der Waals surface area contributed by atoms with Gasteiger partial charge in [-0.3, -0.25) is 39.0 Å². The molecule has 2 aliphatic heterocycles. The van der Waals surface area contributed by atoms with Crippen LogP contribution in [0.15, 0.2) is 97.1 Å². The Balaban J connectivity index is 0.775. The first kappa shape index (κ1) is 62.9. The van der Waals surface area contributed by atoms with Gasteiger partial charge < -0.3 is 70.9 Å². The Bertz CT molecular complexity index is 3420. The van der Waals surface area contributed by atoms with Crippen molar-refractivity contribution in [2.75, 3.05) is 37.6 Å². The van der Waals surface area contributed by atoms with Gasteiger partial charge in [0.15, 0.2) is 17.9 Å². The molecule has 2 aliphatic carbocycles. The lowest BCUT2D eigenvalue weighted by molar-refractivity contribution is -0.246. The number of rotatable bonds is 23. The highest BCUT2D eigenvalue weighted by Gasteiger charge is 2.52. The molecule has 0 saturated carbocycles. The minimum atomic E-state index is -2.37. The fraction of sp³-hybridized carbons (Fsp3) is 0.397. The Morgan fingerprint density at radius 2 is 1.47 bits per heavy atom. The second kappa shape index (κ2) is 27.4. The topological polar surface area (TPSA) is 364 Å². The van der Waals surface area contributed by atoms with Gasteiger partial charge in [0, 0.05) is 59.7 Å². The molecule has 0 bridgehead atoms. The number of phenols is 2. The van der Waals surface area contributed by atoms with Crippen LogP contribution in [0, 0.1) is 5.92 Å². The number of nitrogens with zero attached hydrogens (tertiary/aromatic N) is 1. The van der Waals surface area contributed by atoms with E-state index in [4.69, 9.17) is 39.9 Å². The minimum Gasteiger partial charge on any atom is -0.507 e. The van der Waals surface area contributed by atoms with E-state index in [1.54, 1.807) is 62.4 Å². The number of hydrogen-bond donors (Lipinski definition) is 9. The SMILES string of the molecule is COc1cccc2c1C(=O)c1c(O)c3c(c(O)c1C2=O)C[C@@](O)(C(=O)CO)C[C@@H]3O[C@H]1C[C@H]2[C@@H](OCN2C(=O)OCc2ccc(NC(=O)OCc3ccc(NC(=O)[C@H](CCCCN)NC(=O)[C@@H](CC(=O)[C@@H](C)N)Cc4ccccc4)cc3)cc2)[C@H](C)O1. The van der Waals surface area contributed by atoms with Crippen molar-refractivity contribution >= 4 is 58.5 Å². The number of aliphatic hydroxyl groups is 2. The number of Topliss-reactive ketones (excluding diaryl/α,β-unsaturated/α-hetero) is 2. The summed E-state index contributed by atoms with van der Waals surface area (Å²) in [6.07, 6.45) is -5.17. The molecule has 0 aromatic heterocycles. The number of fused-ring (bicyclic) bond motifs is 4. The first-order valence-corrected chi connectivity index (χ1v) is 28.6. The van der Waals surface area contributed by atoms with Gasteiger partial charge in [-0.15, -0.1) is 0 Å². The predicted molar refractivity (Wildman–Crippen MR) is 310 cm³/mol. The number of carbonyl (C=O) groups excluding carboxylic acids is 8. The van der Waals surface area contributed by atoms with Crippen LogP contribution < -0.4 is 32.2 Å². The van der Waals surface area contributed by atoms with Crippen molar-refractivity contribution < 1.29 is 87.2 Å². The Hall–Kier alpha value is -8.62. The monoisotopic (exact) mass is 1200 g/mol. The van der Waals surface area contributed by atoms with Crippen molar-refractivity contribution in [3.63, 3.8) is 0 Å². The number of aromatic hydroxyl groups is 2. The average Bonchev–Trinajstić information content (AvgIpc) is 1.12. The van der Waals surface area contributed by atoms with E-state index < -0.39 is 138 Å². The zero-order chi connectivity index (χ0) is 62.3. The molecule has 5 aromatic carbocycles. The molecule has 11 N–H and O–H groups in total. The van der Waals surface area contributed by atoms with Crippen LogP contribution in [0.3, 0.4) is 0 Å². The summed E-state index contributed by atoms with van der Waals surface area (Å²) in [5.74, 6) is -6.05. The normalized spacial score (nSPS) is 21.2. The molecule has 460 valence electrons. The number of nitrogens with one attached hydrogen (secondary N) is 3. The van der Waals surface area contributed by atoms with E-state index in [0.717, 1.165) is 5.56 Å². The number of amides is 4. The Kier molecular flexibility index (Phi) is 19.8. The number of nitrogens with two attached hydrogens (primary N) is 2. The van der Waals surface area contributed by atoms with Crippen LogP contribution in [0.2, 0.25) is 0 Å². The molecule has 24 heteroatoms. The van der Waals surface area contributed by atoms with E-state index >= 15 is 0 Å². The largest absolute Gasteiger partial charge is 0.507 e. The van der Waals surface area contributed by atoms with Crippen LogP contribution in [-0.2, 0) is 68.9 Å². The summed E-state index contributed by atoms with van der Waals surface area (Å²) in [4.78, 5) is 109. The van der Waals surface area contributed by atoms with Crippen LogP contribution in [0.4, 0.5) is 21.0 Å². The molecule has 0 spiro atoms. The molecule has 24 nitrogen and oxygen atoms in total. The molecule has 9 atom stereocenters. The molecule has 0 radical (unpaired) electrons. The molecule has 87 heavy (non-hydrogen) atoms. The fourth-order valence-electron chi connectivity index (χ4n) is 11.4. The smallest absolute Gasteiger partial charge is 0.412 e. The highest BCUT2D eigenvalue weighted by molar-refractivity contribution is 6.31. The van der Waals surface area contributed by atoms with Crippen molar-refractivity contribution in [2.24, 2.45) is 17.4 Å². The van der Waals surface area contributed by atoms with Crippen LogP contribution in [0.1, 0.15) is 118 Å². The lowest BCUT2D eigenvalue weighted by Crippen LogP contribution is -2.52. The summed E-state index contributed by atoms with van der Waals surface area (Å²) < 4.78 is 35.1. The van der Waals surface area contributed by atoms with E-state index in [2.05, 4.69) is 16.0 Å². The molecule has 0 unspecified atom stereocenters. The summed E-state index contributed by atoms with van der Waals surface area (Å²) in [5.41, 5.74) is 10.3. The van der Waals surface area contributed by atoms with E-state index in [1.807, 2.05) is 30.3 Å². The number of phenolic OH excluding ortho intramolecular Hbond substituents is 2. The highest BCUT2D eigenvalue weighted by atomic mass is 16.7. The van der Waals surface area contributed by atoms with E-state index in [-0.39, 0.29) is 73.0 Å². The van der Waals surface area contributed by atoms with Gasteiger partial charge in [0.25, 0.3) is 0 Å². The van der Waals surface area contributed by atoms with Crippen molar-refractivity contribution in [1.82, 2.24) is 10.2 Å². The highest BCUT2D eigenvalue weighted by Crippen LogP contribution is 2.53. The van der Waals surface area contributed by atoms with Crippen LogP contribution in [-0.4, -0.2) is 142 Å². The van der Waals surface area contributed by atoms with E-state index in [9.17, 15) is 58.8 Å². The Morgan fingerprint density at radius 1 is 0.805 bits per heavy atom. The molecule has 4 amide bonds. The lowest BCUT2D eigenvalue weighted by atomic mass is 9.72. The zero-order valence-corrected chi connectivity index (χ0v) is 48.2. The van der Waals surface area contributed by atoms with Crippen LogP contribution in [0.5, 0.6) is 17.2 Å². The Morgan fingerprint density at radius 3 is 2.13 bits per heavy atom. The predicted octanol–water partition coefficient (Wildman–Crippen LogP) is 5.14. The maximum Gasteiger partial charge on any atom is 0.412 e. The van der Waals surface area contributed by atoms with Crippen LogP contribution >= 0.6 is 0 Å². The van der Waals surface area contributed by atoms with Crippen molar-refractivity contribution in [2.45, 2.75) is 127 Å². The maximum absolute atomic E-state index is 14.1. The summed E-state index contributed by atoms with van der Waals surface area (Å²) in [7, 11) is 1.30. The first-order valence-electron chi connectivity index (χ1n) is 28.6. The molecule has 2 heterocycles. The molecule has 5 aromatic rings. The zero-order valence-electron chi connectivity index (χ0n) is 48.2. The van der Waals surface area contributed by atoms with Gasteiger partial charge in [-0.1, -0.05) is 66.7 Å². The van der Waals surface area contributed by atoms with Crippen molar-refractivity contribution in [1.29, 1.82) is 0 Å². The number of ether oxygens (including phenoxy) is 6. The number of carbonyl (C=O) groups is 8. The minimum absolute atomic E-state index is 0.0489. The molecule has 4 aliphatic rings. The molecular formula is C63H70N6O18. The maximum atomic E-state index is 14.1. The third kappa shape index (κ3) is 14.0. The van der Waals surface area contributed by atoms with Gasteiger partial charge >= 0.3 is 12.2 Å². The average molecular weight is 1200 g/mol. The summed E-state index contributed by atoms with van der Waals surface area (Å²) in [6.45, 7) is 2.07. The quantitative estimate of drug-likeness (QED) is 0.0296. The number of hydrogen-bond acceptors (Lipinski definition) is 20. The number of anilines is 2. The van der Waals surface area contributed by atoms with Gasteiger partial charge in [-0.2, -0.15) is 0 Å². The lowest BCUT2D eigenvalue weighted by Gasteiger charge is -2.42. The van der Waals surface area contributed by atoms with Gasteiger partial charge in [0.05, 0.1) is 48.1 Å².